The maximum absolute atomic E-state index is 5.78. The zero-order valence-electron chi connectivity index (χ0n) is 20.1. The molecule has 0 saturated heterocycles. The third kappa shape index (κ3) is 6.45. The number of ether oxygens (including phenoxy) is 1. The van der Waals surface area contributed by atoms with Crippen molar-refractivity contribution in [3.63, 3.8) is 0 Å². The molecule has 0 amide bonds. The monoisotopic (exact) mass is 438 g/mol. The van der Waals surface area contributed by atoms with Gasteiger partial charge in [0.15, 0.2) is 0 Å². The number of unbranched alkanes of at least 4 members (excludes halogenated alkanes) is 2. The molecule has 1 aliphatic carbocycles. The Morgan fingerprint density at radius 3 is 1.76 bits per heavy atom. The summed E-state index contributed by atoms with van der Waals surface area (Å²) in [5.74, 6) is 1.43. The van der Waals surface area contributed by atoms with Gasteiger partial charge in [0.2, 0.25) is 0 Å². The molecule has 172 valence electrons. The molecular weight excluding hydrogens is 400 g/mol. The first-order valence-corrected chi connectivity index (χ1v) is 12.8. The molecule has 1 aliphatic rings. The molecule has 0 heterocycles. The Bertz CT molecular complexity index is 974. The average Bonchev–Trinajstić information content (AvgIpc) is 2.89. The standard InChI is InChI=1S/C32H38O/c1-3-5-6-23-33-24-26-9-13-28(14-10-26)30-17-21-32(22-18-30)31-19-15-29(16-20-31)27-11-7-25(4-2)8-12-27/h4,9-10,13-22,25,27H,2-3,5-8,11-12,23-24H2,1H3. The molecule has 3 aromatic rings. The van der Waals surface area contributed by atoms with E-state index in [4.69, 9.17) is 4.74 Å². The molecule has 0 spiro atoms. The van der Waals surface area contributed by atoms with E-state index in [1.54, 1.807) is 0 Å². The van der Waals surface area contributed by atoms with E-state index >= 15 is 0 Å². The second kappa shape index (κ2) is 12.0. The molecule has 0 aromatic heterocycles. The van der Waals surface area contributed by atoms with Gasteiger partial charge in [0, 0.05) is 6.61 Å². The van der Waals surface area contributed by atoms with Gasteiger partial charge in [0.1, 0.15) is 0 Å². The van der Waals surface area contributed by atoms with Crippen molar-refractivity contribution in [1.29, 1.82) is 0 Å². The van der Waals surface area contributed by atoms with Crippen molar-refractivity contribution in [2.24, 2.45) is 5.92 Å². The zero-order chi connectivity index (χ0) is 22.9. The number of hydrogen-bond acceptors (Lipinski definition) is 1. The second-order valence-corrected chi connectivity index (χ2v) is 9.50. The topological polar surface area (TPSA) is 9.23 Å². The minimum Gasteiger partial charge on any atom is -0.377 e. The van der Waals surface area contributed by atoms with Gasteiger partial charge >= 0.3 is 0 Å². The van der Waals surface area contributed by atoms with Crippen LogP contribution in [-0.4, -0.2) is 6.61 Å². The van der Waals surface area contributed by atoms with Crippen LogP contribution in [0.1, 0.15) is 68.9 Å². The van der Waals surface area contributed by atoms with Crippen molar-refractivity contribution >= 4 is 0 Å². The van der Waals surface area contributed by atoms with Crippen LogP contribution < -0.4 is 0 Å². The molecule has 0 N–H and O–H groups in total. The fourth-order valence-electron chi connectivity index (χ4n) is 4.93. The van der Waals surface area contributed by atoms with Crippen LogP contribution in [-0.2, 0) is 11.3 Å². The lowest BCUT2D eigenvalue weighted by Crippen LogP contribution is -2.11. The molecule has 0 atom stereocenters. The van der Waals surface area contributed by atoms with E-state index in [-0.39, 0.29) is 0 Å². The lowest BCUT2D eigenvalue weighted by atomic mass is 9.78. The fraction of sp³-hybridized carbons (Fsp3) is 0.375. The average molecular weight is 439 g/mol. The molecule has 1 fully saturated rings. The zero-order valence-corrected chi connectivity index (χ0v) is 20.1. The third-order valence-corrected chi connectivity index (χ3v) is 7.15. The van der Waals surface area contributed by atoms with Gasteiger partial charge in [-0.05, 0) is 77.3 Å². The number of hydrogen-bond donors (Lipinski definition) is 0. The van der Waals surface area contributed by atoms with E-state index in [9.17, 15) is 0 Å². The second-order valence-electron chi connectivity index (χ2n) is 9.50. The predicted molar refractivity (Wildman–Crippen MR) is 141 cm³/mol. The lowest BCUT2D eigenvalue weighted by Gasteiger charge is -2.27. The van der Waals surface area contributed by atoms with Crippen molar-refractivity contribution in [3.8, 4) is 22.3 Å². The Morgan fingerprint density at radius 2 is 1.24 bits per heavy atom. The molecule has 0 bridgehead atoms. The van der Waals surface area contributed by atoms with Crippen molar-refractivity contribution in [2.75, 3.05) is 6.61 Å². The smallest absolute Gasteiger partial charge is 0.0716 e. The molecule has 0 unspecified atom stereocenters. The fourth-order valence-corrected chi connectivity index (χ4v) is 4.93. The Labute approximate surface area is 200 Å². The molecule has 3 aromatic carbocycles. The van der Waals surface area contributed by atoms with Crippen LogP contribution in [0.3, 0.4) is 0 Å². The van der Waals surface area contributed by atoms with Gasteiger partial charge in [0.05, 0.1) is 6.61 Å². The summed E-state index contributed by atoms with van der Waals surface area (Å²) in [6.45, 7) is 7.75. The van der Waals surface area contributed by atoms with Crippen molar-refractivity contribution in [1.82, 2.24) is 0 Å². The Balaban J connectivity index is 1.34. The minimum atomic E-state index is 0.703. The van der Waals surface area contributed by atoms with E-state index in [0.29, 0.717) is 12.5 Å². The highest BCUT2D eigenvalue weighted by Crippen LogP contribution is 2.37. The number of benzene rings is 3. The highest BCUT2D eigenvalue weighted by molar-refractivity contribution is 5.70. The third-order valence-electron chi connectivity index (χ3n) is 7.15. The van der Waals surface area contributed by atoms with Crippen LogP contribution in [0.4, 0.5) is 0 Å². The first-order valence-electron chi connectivity index (χ1n) is 12.8. The quantitative estimate of drug-likeness (QED) is 0.226. The summed E-state index contributed by atoms with van der Waals surface area (Å²) in [6.07, 6.45) is 10.9. The maximum atomic E-state index is 5.78. The van der Waals surface area contributed by atoms with Gasteiger partial charge in [-0.1, -0.05) is 98.6 Å². The van der Waals surface area contributed by atoms with Crippen molar-refractivity contribution < 1.29 is 4.74 Å². The van der Waals surface area contributed by atoms with Gasteiger partial charge in [0.25, 0.3) is 0 Å². The van der Waals surface area contributed by atoms with Crippen LogP contribution >= 0.6 is 0 Å². The van der Waals surface area contributed by atoms with Crippen LogP contribution in [0, 0.1) is 5.92 Å². The van der Waals surface area contributed by atoms with Gasteiger partial charge in [-0.25, -0.2) is 0 Å². The van der Waals surface area contributed by atoms with Crippen LogP contribution in [0.15, 0.2) is 85.5 Å². The van der Waals surface area contributed by atoms with Gasteiger partial charge < -0.3 is 4.74 Å². The minimum absolute atomic E-state index is 0.703. The van der Waals surface area contributed by atoms with Gasteiger partial charge in [-0.15, -0.1) is 6.58 Å². The van der Waals surface area contributed by atoms with E-state index in [2.05, 4.69) is 92.4 Å². The van der Waals surface area contributed by atoms with E-state index in [1.165, 1.54) is 71.9 Å². The van der Waals surface area contributed by atoms with Crippen molar-refractivity contribution in [3.05, 3.63) is 96.6 Å². The molecule has 1 saturated carbocycles. The molecule has 33 heavy (non-hydrogen) atoms. The summed E-state index contributed by atoms with van der Waals surface area (Å²) in [6, 6.07) is 27.0. The highest BCUT2D eigenvalue weighted by atomic mass is 16.5. The van der Waals surface area contributed by atoms with Crippen LogP contribution in [0.25, 0.3) is 22.3 Å². The Kier molecular flexibility index (Phi) is 8.55. The highest BCUT2D eigenvalue weighted by Gasteiger charge is 2.20. The molecule has 1 nitrogen and oxygen atoms in total. The first kappa shape index (κ1) is 23.5. The molecular formula is C32H38O. The largest absolute Gasteiger partial charge is 0.377 e. The first-order chi connectivity index (χ1) is 16.3. The van der Waals surface area contributed by atoms with Gasteiger partial charge in [-0.2, -0.15) is 0 Å². The number of allylic oxidation sites excluding steroid dienone is 1. The molecule has 0 radical (unpaired) electrons. The molecule has 1 heteroatoms. The maximum Gasteiger partial charge on any atom is 0.0716 e. The normalized spacial score (nSPS) is 18.2. The van der Waals surface area contributed by atoms with Crippen LogP contribution in [0.5, 0.6) is 0 Å². The van der Waals surface area contributed by atoms with E-state index < -0.39 is 0 Å². The molecule has 0 aliphatic heterocycles. The summed E-state index contributed by atoms with van der Waals surface area (Å²) in [5.41, 5.74) is 7.81. The van der Waals surface area contributed by atoms with E-state index in [0.717, 1.165) is 18.9 Å². The lowest BCUT2D eigenvalue weighted by molar-refractivity contribution is 0.117. The Morgan fingerprint density at radius 1 is 0.727 bits per heavy atom. The van der Waals surface area contributed by atoms with E-state index in [1.807, 2.05) is 0 Å². The van der Waals surface area contributed by atoms with Crippen LogP contribution in [0.2, 0.25) is 0 Å². The van der Waals surface area contributed by atoms with Crippen molar-refractivity contribution in [2.45, 2.75) is 64.4 Å². The molecule has 4 rings (SSSR count). The summed E-state index contributed by atoms with van der Waals surface area (Å²) in [5, 5.41) is 0. The summed E-state index contributed by atoms with van der Waals surface area (Å²) >= 11 is 0. The predicted octanol–water partition coefficient (Wildman–Crippen LogP) is 9.19. The summed E-state index contributed by atoms with van der Waals surface area (Å²) in [7, 11) is 0. The van der Waals surface area contributed by atoms with Gasteiger partial charge in [-0.3, -0.25) is 0 Å². The Hall–Kier alpha value is -2.64. The summed E-state index contributed by atoms with van der Waals surface area (Å²) in [4.78, 5) is 0. The summed E-state index contributed by atoms with van der Waals surface area (Å²) < 4.78 is 5.78. The number of rotatable bonds is 10. The SMILES string of the molecule is C=CC1CCC(c2ccc(-c3ccc(-c4ccc(COCCCCC)cc4)cc3)cc2)CC1.